The molecule has 5 heteroatoms. The van der Waals surface area contributed by atoms with Crippen LogP contribution in [0.4, 0.5) is 0 Å². The maximum atomic E-state index is 11.6. The zero-order chi connectivity index (χ0) is 20.9. The van der Waals surface area contributed by atoms with Gasteiger partial charge >= 0.3 is 5.97 Å². The van der Waals surface area contributed by atoms with Crippen LogP contribution in [0.15, 0.2) is 36.7 Å². The lowest BCUT2D eigenvalue weighted by Crippen LogP contribution is -2.16. The topological polar surface area (TPSA) is 61.3 Å². The number of nitrogens with zero attached hydrogens (tertiary/aromatic N) is 2. The van der Waals surface area contributed by atoms with E-state index in [1.54, 1.807) is 12.4 Å². The minimum atomic E-state index is -0.131. The molecule has 158 valence electrons. The first kappa shape index (κ1) is 22.9. The summed E-state index contributed by atoms with van der Waals surface area (Å²) < 4.78 is 11.1. The van der Waals surface area contributed by atoms with Gasteiger partial charge in [0.05, 0.1) is 19.0 Å². The van der Waals surface area contributed by atoms with Gasteiger partial charge in [0, 0.05) is 18.4 Å². The van der Waals surface area contributed by atoms with Gasteiger partial charge < -0.3 is 9.47 Å². The van der Waals surface area contributed by atoms with Crippen LogP contribution in [0, 0.1) is 0 Å². The van der Waals surface area contributed by atoms with E-state index in [9.17, 15) is 4.79 Å². The molecule has 1 aromatic carbocycles. The van der Waals surface area contributed by atoms with Crippen LogP contribution in [0.5, 0.6) is 5.75 Å². The summed E-state index contributed by atoms with van der Waals surface area (Å²) in [5, 5.41) is 0. The van der Waals surface area contributed by atoms with Gasteiger partial charge in [-0.05, 0) is 25.3 Å². The van der Waals surface area contributed by atoms with Gasteiger partial charge in [-0.1, -0.05) is 63.8 Å². The maximum Gasteiger partial charge on any atom is 0.306 e. The molecule has 1 atom stereocenters. The summed E-state index contributed by atoms with van der Waals surface area (Å²) in [6.45, 7) is 6.82. The van der Waals surface area contributed by atoms with E-state index < -0.39 is 0 Å². The van der Waals surface area contributed by atoms with Crippen molar-refractivity contribution < 1.29 is 14.3 Å². The van der Waals surface area contributed by atoms with E-state index in [2.05, 4.69) is 16.9 Å². The molecule has 0 saturated heterocycles. The third-order valence-electron chi connectivity index (χ3n) is 4.67. The molecule has 0 saturated carbocycles. The lowest BCUT2D eigenvalue weighted by atomic mass is 10.1. The molecule has 0 radical (unpaired) electrons. The number of hydrogen-bond acceptors (Lipinski definition) is 5. The van der Waals surface area contributed by atoms with Crippen LogP contribution in [0.25, 0.3) is 11.4 Å². The van der Waals surface area contributed by atoms with Gasteiger partial charge in [0.2, 0.25) is 0 Å². The van der Waals surface area contributed by atoms with E-state index in [0.717, 1.165) is 24.0 Å². The molecular formula is C24H34N2O3. The predicted octanol–water partition coefficient (Wildman–Crippen LogP) is 5.77. The predicted molar refractivity (Wildman–Crippen MR) is 116 cm³/mol. The number of unbranched alkanes of at least 4 members (excludes halogenated alkanes) is 4. The number of benzene rings is 1. The van der Waals surface area contributed by atoms with Crippen molar-refractivity contribution in [3.63, 3.8) is 0 Å². The number of rotatable bonds is 13. The molecule has 0 N–H and O–H groups in total. The standard InChI is InChI=1S/C24H34N2O3/c1-4-6-7-8-9-15-28-22-17-25-24(26-18-22)21-13-11-20(12-14-21)16-19(3)29-23(27)10-5-2/h11-14,17-19H,4-10,15-16H2,1-3H3. The Morgan fingerprint density at radius 3 is 2.31 bits per heavy atom. The third-order valence-corrected chi connectivity index (χ3v) is 4.67. The highest BCUT2D eigenvalue weighted by Crippen LogP contribution is 2.18. The highest BCUT2D eigenvalue weighted by molar-refractivity contribution is 5.69. The minimum absolute atomic E-state index is 0.130. The van der Waals surface area contributed by atoms with Crippen molar-refractivity contribution in [1.29, 1.82) is 0 Å². The van der Waals surface area contributed by atoms with Crippen LogP contribution in [-0.4, -0.2) is 28.6 Å². The van der Waals surface area contributed by atoms with E-state index in [1.165, 1.54) is 25.7 Å². The smallest absolute Gasteiger partial charge is 0.306 e. The number of carbonyl (C=O) groups excluding carboxylic acids is 1. The third kappa shape index (κ3) is 8.63. The van der Waals surface area contributed by atoms with E-state index in [4.69, 9.17) is 9.47 Å². The molecule has 0 bridgehead atoms. The van der Waals surface area contributed by atoms with Crippen LogP contribution < -0.4 is 4.74 Å². The number of hydrogen-bond donors (Lipinski definition) is 0. The van der Waals surface area contributed by atoms with Gasteiger partial charge in [0.1, 0.15) is 6.10 Å². The van der Waals surface area contributed by atoms with Crippen molar-refractivity contribution in [3.8, 4) is 17.1 Å². The Bertz CT molecular complexity index is 714. The SMILES string of the molecule is CCCCCCCOc1cnc(-c2ccc(CC(C)OC(=O)CCC)cc2)nc1. The number of aromatic nitrogens is 2. The lowest BCUT2D eigenvalue weighted by Gasteiger charge is -2.13. The molecule has 2 rings (SSSR count). The summed E-state index contributed by atoms with van der Waals surface area (Å²) >= 11 is 0. The van der Waals surface area contributed by atoms with Crippen LogP contribution in [0.3, 0.4) is 0 Å². The average molecular weight is 399 g/mol. The number of esters is 1. The van der Waals surface area contributed by atoms with Crippen LogP contribution >= 0.6 is 0 Å². The summed E-state index contributed by atoms with van der Waals surface area (Å²) in [4.78, 5) is 20.4. The van der Waals surface area contributed by atoms with Crippen molar-refractivity contribution >= 4 is 5.97 Å². The molecule has 1 aromatic heterocycles. The molecular weight excluding hydrogens is 364 g/mol. The van der Waals surface area contributed by atoms with Crippen molar-refractivity contribution in [3.05, 3.63) is 42.2 Å². The van der Waals surface area contributed by atoms with E-state index in [1.807, 2.05) is 38.1 Å². The van der Waals surface area contributed by atoms with Gasteiger partial charge in [-0.3, -0.25) is 4.79 Å². The first-order chi connectivity index (χ1) is 14.1. The summed E-state index contributed by atoms with van der Waals surface area (Å²) in [7, 11) is 0. The zero-order valence-electron chi connectivity index (χ0n) is 18.0. The van der Waals surface area contributed by atoms with Crippen LogP contribution in [0.2, 0.25) is 0 Å². The zero-order valence-corrected chi connectivity index (χ0v) is 18.0. The highest BCUT2D eigenvalue weighted by atomic mass is 16.5. The van der Waals surface area contributed by atoms with Gasteiger partial charge in [-0.2, -0.15) is 0 Å². The maximum absolute atomic E-state index is 11.6. The minimum Gasteiger partial charge on any atom is -0.490 e. The largest absolute Gasteiger partial charge is 0.490 e. The molecule has 1 unspecified atom stereocenters. The highest BCUT2D eigenvalue weighted by Gasteiger charge is 2.10. The molecule has 2 aromatic rings. The monoisotopic (exact) mass is 398 g/mol. The second-order valence-corrected chi connectivity index (χ2v) is 7.46. The Morgan fingerprint density at radius 2 is 1.66 bits per heavy atom. The van der Waals surface area contributed by atoms with Gasteiger partial charge in [-0.25, -0.2) is 9.97 Å². The fourth-order valence-electron chi connectivity index (χ4n) is 3.09. The van der Waals surface area contributed by atoms with Gasteiger partial charge in [0.15, 0.2) is 11.6 Å². The van der Waals surface area contributed by atoms with Crippen molar-refractivity contribution in [2.75, 3.05) is 6.61 Å². The number of ether oxygens (including phenoxy) is 2. The lowest BCUT2D eigenvalue weighted by molar-refractivity contribution is -0.148. The van der Waals surface area contributed by atoms with Crippen LogP contribution in [-0.2, 0) is 16.0 Å². The Kier molecular flexibility index (Phi) is 10.2. The molecule has 0 fully saturated rings. The van der Waals surface area contributed by atoms with Gasteiger partial charge in [0.25, 0.3) is 0 Å². The average Bonchev–Trinajstić information content (AvgIpc) is 2.72. The summed E-state index contributed by atoms with van der Waals surface area (Å²) in [6, 6.07) is 8.06. The molecule has 0 amide bonds. The Hall–Kier alpha value is -2.43. The van der Waals surface area contributed by atoms with Gasteiger partial charge in [-0.15, -0.1) is 0 Å². The molecule has 0 spiro atoms. The normalized spacial score (nSPS) is 11.8. The molecule has 29 heavy (non-hydrogen) atoms. The summed E-state index contributed by atoms with van der Waals surface area (Å²) in [6.07, 6.45) is 11.4. The molecule has 5 nitrogen and oxygen atoms in total. The second kappa shape index (κ2) is 12.9. The second-order valence-electron chi connectivity index (χ2n) is 7.46. The summed E-state index contributed by atoms with van der Waals surface area (Å²) in [5.41, 5.74) is 2.07. The summed E-state index contributed by atoms with van der Waals surface area (Å²) in [5.74, 6) is 1.26. The molecule has 0 aliphatic rings. The molecule has 0 aliphatic carbocycles. The Labute approximate surface area is 174 Å². The van der Waals surface area contributed by atoms with E-state index >= 15 is 0 Å². The Balaban J connectivity index is 1.81. The van der Waals surface area contributed by atoms with Crippen LogP contribution in [0.1, 0.15) is 71.3 Å². The molecule has 0 aliphatic heterocycles. The first-order valence-electron chi connectivity index (χ1n) is 10.9. The Morgan fingerprint density at radius 1 is 0.966 bits per heavy atom. The molecule has 1 heterocycles. The van der Waals surface area contributed by atoms with Crippen molar-refractivity contribution in [1.82, 2.24) is 9.97 Å². The van der Waals surface area contributed by atoms with Crippen molar-refractivity contribution in [2.45, 2.75) is 78.2 Å². The van der Waals surface area contributed by atoms with Crippen molar-refractivity contribution in [2.24, 2.45) is 0 Å². The van der Waals surface area contributed by atoms with E-state index in [0.29, 0.717) is 31.0 Å². The number of carbonyl (C=O) groups is 1. The first-order valence-corrected chi connectivity index (χ1v) is 10.9. The fourth-order valence-corrected chi connectivity index (χ4v) is 3.09. The quantitative estimate of drug-likeness (QED) is 0.317. The fraction of sp³-hybridized carbons (Fsp3) is 0.542. The van der Waals surface area contributed by atoms with E-state index in [-0.39, 0.29) is 12.1 Å².